The number of nitrogen functional groups attached to an aromatic ring is 1. The van der Waals surface area contributed by atoms with E-state index in [4.69, 9.17) is 26.8 Å². The van der Waals surface area contributed by atoms with Crippen LogP contribution in [0.25, 0.3) is 0 Å². The summed E-state index contributed by atoms with van der Waals surface area (Å²) in [7, 11) is 0. The molecule has 6 nitrogen and oxygen atoms in total. The molecule has 3 atom stereocenters. The first kappa shape index (κ1) is 18.8. The fourth-order valence-electron chi connectivity index (χ4n) is 3.25. The van der Waals surface area contributed by atoms with Gasteiger partial charge in [-0.15, -0.1) is 5.92 Å². The third-order valence-corrected chi connectivity index (χ3v) is 4.97. The number of nitrogens with one attached hydrogen (secondary N) is 1. The summed E-state index contributed by atoms with van der Waals surface area (Å²) in [5.74, 6) is 5.97. The van der Waals surface area contributed by atoms with Crippen LogP contribution in [0.4, 0.5) is 5.69 Å². The molecular weight excluding hydrogens is 354 g/mol. The molecule has 0 spiro atoms. The van der Waals surface area contributed by atoms with Gasteiger partial charge in [-0.3, -0.25) is 9.69 Å². The Balaban J connectivity index is 1.73. The average molecular weight is 378 g/mol. The first-order valence-electron chi connectivity index (χ1n) is 8.91. The lowest BCUT2D eigenvalue weighted by Crippen LogP contribution is -2.58. The van der Waals surface area contributed by atoms with Crippen molar-refractivity contribution in [1.29, 1.82) is 0 Å². The van der Waals surface area contributed by atoms with Crippen molar-refractivity contribution < 1.29 is 14.3 Å². The van der Waals surface area contributed by atoms with Crippen LogP contribution in [0, 0.1) is 11.8 Å². The van der Waals surface area contributed by atoms with Crippen LogP contribution >= 0.6 is 11.6 Å². The number of rotatable bonds is 4. The second kappa shape index (κ2) is 8.63. The maximum Gasteiger partial charge on any atom is 0.255 e. The number of hydrogen-bond donors (Lipinski definition) is 2. The predicted octanol–water partition coefficient (Wildman–Crippen LogP) is 1.92. The smallest absolute Gasteiger partial charge is 0.255 e. The molecule has 1 aromatic carbocycles. The zero-order chi connectivity index (χ0) is 18.5. The molecule has 2 saturated heterocycles. The molecule has 0 aromatic heterocycles. The zero-order valence-corrected chi connectivity index (χ0v) is 15.6. The summed E-state index contributed by atoms with van der Waals surface area (Å²) in [5.41, 5.74) is 6.59. The number of benzene rings is 1. The van der Waals surface area contributed by atoms with Gasteiger partial charge < -0.3 is 20.5 Å². The maximum absolute atomic E-state index is 12.9. The topological polar surface area (TPSA) is 76.8 Å². The molecule has 140 valence electrons. The zero-order valence-electron chi connectivity index (χ0n) is 14.9. The molecule has 3 rings (SSSR count). The Labute approximate surface area is 159 Å². The van der Waals surface area contributed by atoms with Crippen molar-refractivity contribution in [2.45, 2.75) is 31.9 Å². The largest absolute Gasteiger partial charge is 0.480 e. The molecule has 1 aromatic rings. The predicted molar refractivity (Wildman–Crippen MR) is 101 cm³/mol. The third-order valence-electron chi connectivity index (χ3n) is 4.64. The second-order valence-electron chi connectivity index (χ2n) is 6.44. The monoisotopic (exact) mass is 377 g/mol. The van der Waals surface area contributed by atoms with Crippen molar-refractivity contribution in [2.24, 2.45) is 0 Å². The van der Waals surface area contributed by atoms with E-state index in [2.05, 4.69) is 22.1 Å². The van der Waals surface area contributed by atoms with E-state index in [9.17, 15) is 4.79 Å². The molecule has 0 radical (unpaired) electrons. The summed E-state index contributed by atoms with van der Waals surface area (Å²) in [6.07, 6.45) is 1.63. The fraction of sp³-hybridized carbons (Fsp3) is 0.526. The van der Waals surface area contributed by atoms with Crippen molar-refractivity contribution >= 4 is 23.2 Å². The first-order chi connectivity index (χ1) is 12.6. The van der Waals surface area contributed by atoms with E-state index >= 15 is 0 Å². The van der Waals surface area contributed by atoms with Crippen LogP contribution in [0.1, 0.15) is 30.1 Å². The summed E-state index contributed by atoms with van der Waals surface area (Å²) in [5, 5.41) is 3.40. The van der Waals surface area contributed by atoms with E-state index in [1.807, 2.05) is 6.92 Å². The highest BCUT2D eigenvalue weighted by atomic mass is 35.5. The number of carbonyl (C=O) groups excluding carboxylic acids is 1. The van der Waals surface area contributed by atoms with Crippen molar-refractivity contribution in [3.63, 3.8) is 0 Å². The van der Waals surface area contributed by atoms with Gasteiger partial charge in [0.1, 0.15) is 12.4 Å². The molecule has 0 saturated carbocycles. The maximum atomic E-state index is 12.9. The van der Waals surface area contributed by atoms with E-state index in [0.717, 1.165) is 32.5 Å². The highest BCUT2D eigenvalue weighted by Gasteiger charge is 2.34. The molecule has 2 bridgehead atoms. The Morgan fingerprint density at radius 2 is 2.31 bits per heavy atom. The van der Waals surface area contributed by atoms with Crippen LogP contribution in [-0.4, -0.2) is 55.8 Å². The number of hydrogen-bond acceptors (Lipinski definition) is 5. The molecular formula is C19H24ClN3O3. The minimum atomic E-state index is -0.238. The van der Waals surface area contributed by atoms with Crippen LogP contribution < -0.4 is 15.8 Å². The highest BCUT2D eigenvalue weighted by molar-refractivity contribution is 6.33. The molecule has 2 aliphatic heterocycles. The quantitative estimate of drug-likeness (QED) is 0.619. The Morgan fingerprint density at radius 1 is 1.46 bits per heavy atom. The van der Waals surface area contributed by atoms with Gasteiger partial charge in [0.25, 0.3) is 5.91 Å². The van der Waals surface area contributed by atoms with Crippen LogP contribution in [-0.2, 0) is 4.74 Å². The Hall–Kier alpha value is -1.94. The van der Waals surface area contributed by atoms with E-state index in [1.165, 1.54) is 0 Å². The van der Waals surface area contributed by atoms with Gasteiger partial charge >= 0.3 is 0 Å². The van der Waals surface area contributed by atoms with Gasteiger partial charge in [0, 0.05) is 32.1 Å². The van der Waals surface area contributed by atoms with E-state index in [-0.39, 0.29) is 24.7 Å². The summed E-state index contributed by atoms with van der Waals surface area (Å²) in [4.78, 5) is 15.2. The molecule has 3 N–H and O–H groups in total. The normalized spacial score (nSPS) is 24.3. The molecule has 2 fully saturated rings. The van der Waals surface area contributed by atoms with Crippen molar-refractivity contribution in [3.8, 4) is 17.6 Å². The van der Waals surface area contributed by atoms with Crippen LogP contribution in [0.15, 0.2) is 12.1 Å². The number of anilines is 1. The number of carbonyl (C=O) groups is 1. The average Bonchev–Trinajstić information content (AvgIpc) is 2.64. The van der Waals surface area contributed by atoms with E-state index < -0.39 is 0 Å². The van der Waals surface area contributed by atoms with E-state index in [1.54, 1.807) is 12.1 Å². The van der Waals surface area contributed by atoms with Crippen molar-refractivity contribution in [3.05, 3.63) is 22.7 Å². The van der Waals surface area contributed by atoms with Crippen molar-refractivity contribution in [1.82, 2.24) is 10.2 Å². The van der Waals surface area contributed by atoms with Gasteiger partial charge in [-0.2, -0.15) is 0 Å². The molecule has 3 unspecified atom stereocenters. The van der Waals surface area contributed by atoms with Gasteiger partial charge in [-0.1, -0.05) is 24.4 Å². The summed E-state index contributed by atoms with van der Waals surface area (Å²) in [6.45, 7) is 5.63. The number of ether oxygens (including phenoxy) is 2. The van der Waals surface area contributed by atoms with Gasteiger partial charge in [0.2, 0.25) is 0 Å². The number of morpholine rings is 1. The number of nitrogens with zero attached hydrogens (tertiary/aromatic N) is 1. The highest BCUT2D eigenvalue weighted by Crippen LogP contribution is 2.29. The standard InChI is InChI=1S/C19H24ClN3O3/c1-2-3-4-8-25-17-11-15(21)14(20)10-13(17)19(24)22-16-5-6-23-7-9-26-18(16)12-23/h10-11,16,18H,2,5-9,12,21H2,1H3,(H,22,24). The Kier molecular flexibility index (Phi) is 6.25. The molecule has 26 heavy (non-hydrogen) atoms. The molecule has 1 amide bonds. The number of fused-ring (bicyclic) bond motifs is 2. The van der Waals surface area contributed by atoms with Crippen LogP contribution in [0.2, 0.25) is 5.02 Å². The van der Waals surface area contributed by atoms with E-state index in [0.29, 0.717) is 28.6 Å². The Morgan fingerprint density at radius 3 is 3.12 bits per heavy atom. The molecule has 7 heteroatoms. The van der Waals surface area contributed by atoms with Gasteiger partial charge in [-0.05, 0) is 12.5 Å². The number of nitrogens with two attached hydrogens (primary N) is 1. The minimum absolute atomic E-state index is 0.0190. The lowest BCUT2D eigenvalue weighted by Gasteiger charge is -2.42. The van der Waals surface area contributed by atoms with Gasteiger partial charge in [0.15, 0.2) is 0 Å². The summed E-state index contributed by atoms with van der Waals surface area (Å²) >= 11 is 6.12. The van der Waals surface area contributed by atoms with Gasteiger partial charge in [-0.25, -0.2) is 0 Å². The lowest BCUT2D eigenvalue weighted by atomic mass is 9.99. The SMILES string of the molecule is CCC#CCOc1cc(N)c(Cl)cc1C(=O)NC1CCN2CCOC1C2. The molecule has 0 aliphatic carbocycles. The minimum Gasteiger partial charge on any atom is -0.480 e. The third kappa shape index (κ3) is 4.42. The van der Waals surface area contributed by atoms with Crippen LogP contribution in [0.5, 0.6) is 5.75 Å². The Bertz CT molecular complexity index is 729. The fourth-order valence-corrected chi connectivity index (χ4v) is 3.42. The second-order valence-corrected chi connectivity index (χ2v) is 6.85. The van der Waals surface area contributed by atoms with Crippen molar-refractivity contribution in [2.75, 3.05) is 38.6 Å². The van der Waals surface area contributed by atoms with Crippen LogP contribution in [0.3, 0.4) is 0 Å². The summed E-state index contributed by atoms with van der Waals surface area (Å²) in [6, 6.07) is 3.10. The number of halogens is 1. The number of piperidine rings is 1. The first-order valence-corrected chi connectivity index (χ1v) is 9.28. The summed E-state index contributed by atoms with van der Waals surface area (Å²) < 4.78 is 11.5. The molecule has 2 heterocycles. The van der Waals surface area contributed by atoms with Gasteiger partial charge in [0.05, 0.1) is 35.0 Å². The molecule has 2 aliphatic rings. The lowest BCUT2D eigenvalue weighted by molar-refractivity contribution is -0.0702. The number of amides is 1.